The number of hydrogen-bond acceptors (Lipinski definition) is 3. The zero-order chi connectivity index (χ0) is 9.97. The van der Waals surface area contributed by atoms with Crippen molar-refractivity contribution in [3.63, 3.8) is 0 Å². The maximum absolute atomic E-state index is 5.81. The molecule has 1 aliphatic heterocycles. The van der Waals surface area contributed by atoms with Crippen LogP contribution in [-0.2, 0) is 6.42 Å². The molecule has 0 radical (unpaired) electrons. The number of nitrogens with two attached hydrogens (primary N) is 1. The largest absolute Gasteiger partial charge is 0.490 e. The van der Waals surface area contributed by atoms with E-state index in [1.54, 1.807) is 0 Å². The fraction of sp³-hybridized carbons (Fsp3) is 0.455. The molecule has 0 saturated heterocycles. The summed E-state index contributed by atoms with van der Waals surface area (Å²) in [7, 11) is 0. The van der Waals surface area contributed by atoms with Gasteiger partial charge < -0.3 is 15.2 Å². The molecular formula is C11H15NO2. The van der Waals surface area contributed by atoms with E-state index in [0.29, 0.717) is 13.2 Å². The van der Waals surface area contributed by atoms with Crippen molar-refractivity contribution in [2.45, 2.75) is 19.4 Å². The molecule has 1 aromatic rings. The van der Waals surface area contributed by atoms with Crippen molar-refractivity contribution in [2.24, 2.45) is 5.73 Å². The summed E-state index contributed by atoms with van der Waals surface area (Å²) < 4.78 is 11.0. The Morgan fingerprint density at radius 2 is 2.43 bits per heavy atom. The molecule has 1 atom stereocenters. The minimum Gasteiger partial charge on any atom is -0.490 e. The zero-order valence-electron chi connectivity index (χ0n) is 8.32. The van der Waals surface area contributed by atoms with Crippen LogP contribution in [0.2, 0.25) is 0 Å². The van der Waals surface area contributed by atoms with E-state index in [-0.39, 0.29) is 6.04 Å². The minimum absolute atomic E-state index is 0.111. The van der Waals surface area contributed by atoms with Crippen molar-refractivity contribution < 1.29 is 9.47 Å². The molecule has 0 amide bonds. The molecule has 2 rings (SSSR count). The van der Waals surface area contributed by atoms with Gasteiger partial charge in [0.05, 0.1) is 6.61 Å². The van der Waals surface area contributed by atoms with Crippen molar-refractivity contribution in [3.8, 4) is 11.5 Å². The highest BCUT2D eigenvalue weighted by molar-refractivity contribution is 5.48. The second-order valence-corrected chi connectivity index (χ2v) is 3.45. The van der Waals surface area contributed by atoms with Gasteiger partial charge in [-0.2, -0.15) is 0 Å². The van der Waals surface area contributed by atoms with Gasteiger partial charge in [-0.05, 0) is 25.0 Å². The number of benzene rings is 1. The Morgan fingerprint density at radius 3 is 3.21 bits per heavy atom. The lowest BCUT2D eigenvalue weighted by Gasteiger charge is -2.24. The van der Waals surface area contributed by atoms with Gasteiger partial charge in [0.15, 0.2) is 11.5 Å². The second kappa shape index (κ2) is 3.88. The van der Waals surface area contributed by atoms with Gasteiger partial charge in [0, 0.05) is 6.04 Å². The van der Waals surface area contributed by atoms with E-state index < -0.39 is 0 Å². The quantitative estimate of drug-likeness (QED) is 0.771. The van der Waals surface area contributed by atoms with Crippen LogP contribution in [0.25, 0.3) is 0 Å². The van der Waals surface area contributed by atoms with Crippen LogP contribution in [0.4, 0.5) is 0 Å². The Labute approximate surface area is 83.8 Å². The second-order valence-electron chi connectivity index (χ2n) is 3.45. The van der Waals surface area contributed by atoms with Gasteiger partial charge in [-0.1, -0.05) is 12.1 Å². The molecule has 1 aromatic carbocycles. The van der Waals surface area contributed by atoms with Crippen LogP contribution in [-0.4, -0.2) is 19.3 Å². The van der Waals surface area contributed by atoms with E-state index >= 15 is 0 Å². The maximum atomic E-state index is 5.81. The van der Waals surface area contributed by atoms with E-state index in [0.717, 1.165) is 23.5 Å². The molecular weight excluding hydrogens is 178 g/mol. The first-order chi connectivity index (χ1) is 6.81. The molecule has 14 heavy (non-hydrogen) atoms. The number of hydrogen-bond donors (Lipinski definition) is 1. The van der Waals surface area contributed by atoms with Gasteiger partial charge in [0.1, 0.15) is 6.61 Å². The lowest BCUT2D eigenvalue weighted by atomic mass is 10.0. The van der Waals surface area contributed by atoms with E-state index in [2.05, 4.69) is 0 Å². The summed E-state index contributed by atoms with van der Waals surface area (Å²) in [4.78, 5) is 0. The highest BCUT2D eigenvalue weighted by Crippen LogP contribution is 2.34. The highest BCUT2D eigenvalue weighted by Gasteiger charge is 2.19. The molecule has 76 valence electrons. The summed E-state index contributed by atoms with van der Waals surface area (Å²) in [5, 5.41) is 0. The van der Waals surface area contributed by atoms with Crippen LogP contribution >= 0.6 is 0 Å². The Kier molecular flexibility index (Phi) is 2.59. The van der Waals surface area contributed by atoms with Crippen molar-refractivity contribution in [3.05, 3.63) is 23.8 Å². The minimum atomic E-state index is 0.111. The van der Waals surface area contributed by atoms with E-state index in [4.69, 9.17) is 15.2 Å². The lowest BCUT2D eigenvalue weighted by Crippen LogP contribution is -2.33. The molecule has 0 spiro atoms. The van der Waals surface area contributed by atoms with Crippen LogP contribution in [0.3, 0.4) is 0 Å². The summed E-state index contributed by atoms with van der Waals surface area (Å²) in [6, 6.07) is 6.06. The predicted octanol–water partition coefficient (Wildman–Crippen LogP) is 1.35. The molecule has 3 nitrogen and oxygen atoms in total. The number of fused-ring (bicyclic) bond motifs is 1. The molecule has 1 heterocycles. The molecule has 0 saturated carbocycles. The maximum Gasteiger partial charge on any atom is 0.164 e. The Bertz CT molecular complexity index is 311. The molecule has 1 aliphatic rings. The Morgan fingerprint density at radius 1 is 1.57 bits per heavy atom. The topological polar surface area (TPSA) is 44.5 Å². The van der Waals surface area contributed by atoms with Crippen LogP contribution < -0.4 is 15.2 Å². The van der Waals surface area contributed by atoms with Gasteiger partial charge in [-0.3, -0.25) is 0 Å². The molecule has 3 heteroatoms. The molecule has 0 fully saturated rings. The lowest BCUT2D eigenvalue weighted by molar-refractivity contribution is 0.240. The fourth-order valence-electron chi connectivity index (χ4n) is 1.69. The van der Waals surface area contributed by atoms with Crippen molar-refractivity contribution in [1.29, 1.82) is 0 Å². The Balaban J connectivity index is 2.31. The third-order valence-electron chi connectivity index (χ3n) is 2.28. The third-order valence-corrected chi connectivity index (χ3v) is 2.28. The summed E-state index contributed by atoms with van der Waals surface area (Å²) in [5.74, 6) is 1.70. The summed E-state index contributed by atoms with van der Waals surface area (Å²) in [5.41, 5.74) is 6.96. The van der Waals surface area contributed by atoms with Crippen LogP contribution in [0.5, 0.6) is 11.5 Å². The van der Waals surface area contributed by atoms with E-state index in [1.807, 2.05) is 25.1 Å². The number of para-hydroxylation sites is 1. The Hall–Kier alpha value is -1.22. The predicted molar refractivity (Wildman–Crippen MR) is 54.8 cm³/mol. The first kappa shape index (κ1) is 9.34. The van der Waals surface area contributed by atoms with E-state index in [1.165, 1.54) is 0 Å². The molecule has 2 N–H and O–H groups in total. The van der Waals surface area contributed by atoms with Gasteiger partial charge in [-0.15, -0.1) is 0 Å². The van der Waals surface area contributed by atoms with Crippen molar-refractivity contribution in [1.82, 2.24) is 0 Å². The van der Waals surface area contributed by atoms with Gasteiger partial charge in [-0.25, -0.2) is 0 Å². The van der Waals surface area contributed by atoms with Gasteiger partial charge >= 0.3 is 0 Å². The van der Waals surface area contributed by atoms with Crippen LogP contribution in [0.15, 0.2) is 18.2 Å². The smallest absolute Gasteiger partial charge is 0.164 e. The summed E-state index contributed by atoms with van der Waals surface area (Å²) in [6.45, 7) is 3.21. The first-order valence-electron chi connectivity index (χ1n) is 4.94. The fourth-order valence-corrected chi connectivity index (χ4v) is 1.69. The van der Waals surface area contributed by atoms with E-state index in [9.17, 15) is 0 Å². The summed E-state index contributed by atoms with van der Waals surface area (Å²) >= 11 is 0. The van der Waals surface area contributed by atoms with Gasteiger partial charge in [0.2, 0.25) is 0 Å². The average Bonchev–Trinajstić information content (AvgIpc) is 2.18. The molecule has 0 bridgehead atoms. The van der Waals surface area contributed by atoms with Crippen molar-refractivity contribution >= 4 is 0 Å². The molecule has 0 aromatic heterocycles. The molecule has 0 unspecified atom stereocenters. The van der Waals surface area contributed by atoms with Crippen molar-refractivity contribution in [2.75, 3.05) is 13.2 Å². The monoisotopic (exact) mass is 193 g/mol. The standard InChI is InChI=1S/C11H15NO2/c1-2-13-10-5-3-4-8-6-9(12)7-14-11(8)10/h3-5,9H,2,6-7,12H2,1H3/t9-/m0/s1. The third kappa shape index (κ3) is 1.68. The van der Waals surface area contributed by atoms with Gasteiger partial charge in [0.25, 0.3) is 0 Å². The number of ether oxygens (including phenoxy) is 2. The normalized spacial score (nSPS) is 19.7. The number of rotatable bonds is 2. The summed E-state index contributed by atoms with van der Waals surface area (Å²) in [6.07, 6.45) is 0.871. The zero-order valence-corrected chi connectivity index (χ0v) is 8.32. The van der Waals surface area contributed by atoms with Crippen LogP contribution in [0, 0.1) is 0 Å². The SMILES string of the molecule is CCOc1cccc2c1OC[C@@H](N)C2. The highest BCUT2D eigenvalue weighted by atomic mass is 16.5. The van der Waals surface area contributed by atoms with Crippen LogP contribution in [0.1, 0.15) is 12.5 Å². The first-order valence-corrected chi connectivity index (χ1v) is 4.94. The molecule has 0 aliphatic carbocycles. The average molecular weight is 193 g/mol.